The van der Waals surface area contributed by atoms with Crippen LogP contribution < -0.4 is 5.73 Å². The van der Waals surface area contributed by atoms with E-state index in [9.17, 15) is 17.2 Å². The van der Waals surface area contributed by atoms with Gasteiger partial charge in [-0.2, -0.15) is 0 Å². The SMILES string of the molecule is CS(=O)(=O)c1ccc(C2(N)CC(F)(F)C2)cc1. The summed E-state index contributed by atoms with van der Waals surface area (Å²) >= 11 is 0. The monoisotopic (exact) mass is 261 g/mol. The van der Waals surface area contributed by atoms with Gasteiger partial charge in [-0.25, -0.2) is 17.2 Å². The average molecular weight is 261 g/mol. The molecule has 1 aromatic rings. The minimum Gasteiger partial charge on any atom is -0.321 e. The van der Waals surface area contributed by atoms with Crippen LogP contribution in [0.3, 0.4) is 0 Å². The average Bonchev–Trinajstić information content (AvgIpc) is 2.13. The fourth-order valence-corrected chi connectivity index (χ4v) is 2.74. The number of hydrogen-bond donors (Lipinski definition) is 1. The lowest BCUT2D eigenvalue weighted by Crippen LogP contribution is -2.55. The van der Waals surface area contributed by atoms with Crippen molar-refractivity contribution < 1.29 is 17.2 Å². The van der Waals surface area contributed by atoms with Gasteiger partial charge in [-0.3, -0.25) is 0 Å². The summed E-state index contributed by atoms with van der Waals surface area (Å²) in [7, 11) is -3.27. The van der Waals surface area contributed by atoms with Crippen molar-refractivity contribution in [1.82, 2.24) is 0 Å². The molecule has 0 bridgehead atoms. The molecule has 1 aliphatic carbocycles. The number of benzene rings is 1. The molecule has 1 saturated carbocycles. The molecule has 2 N–H and O–H groups in total. The van der Waals surface area contributed by atoms with E-state index in [1.165, 1.54) is 24.3 Å². The highest BCUT2D eigenvalue weighted by Crippen LogP contribution is 2.49. The molecule has 17 heavy (non-hydrogen) atoms. The molecule has 0 radical (unpaired) electrons. The Hall–Kier alpha value is -1.01. The van der Waals surface area contributed by atoms with Gasteiger partial charge < -0.3 is 5.73 Å². The molecule has 0 aromatic heterocycles. The highest BCUT2D eigenvalue weighted by atomic mass is 32.2. The van der Waals surface area contributed by atoms with Crippen LogP contribution in [-0.2, 0) is 15.4 Å². The molecule has 94 valence electrons. The third-order valence-electron chi connectivity index (χ3n) is 3.01. The molecule has 0 spiro atoms. The van der Waals surface area contributed by atoms with Crippen molar-refractivity contribution >= 4 is 9.84 Å². The minimum absolute atomic E-state index is 0.163. The topological polar surface area (TPSA) is 60.2 Å². The van der Waals surface area contributed by atoms with E-state index in [-0.39, 0.29) is 4.90 Å². The Morgan fingerprint density at radius 3 is 2.00 bits per heavy atom. The second-order valence-corrected chi connectivity index (χ2v) is 6.68. The normalized spacial score (nSPS) is 21.9. The summed E-state index contributed by atoms with van der Waals surface area (Å²) in [6, 6.07) is 5.81. The van der Waals surface area contributed by atoms with E-state index in [4.69, 9.17) is 5.73 Å². The lowest BCUT2D eigenvalue weighted by Gasteiger charge is -2.44. The highest BCUT2D eigenvalue weighted by Gasteiger charge is 2.55. The zero-order valence-corrected chi connectivity index (χ0v) is 10.1. The Kier molecular flexibility index (Phi) is 2.56. The van der Waals surface area contributed by atoms with Crippen LogP contribution in [-0.4, -0.2) is 20.6 Å². The predicted octanol–water partition coefficient (Wildman–Crippen LogP) is 1.67. The van der Waals surface area contributed by atoms with Crippen LogP contribution in [0, 0.1) is 0 Å². The number of sulfone groups is 1. The number of halogens is 2. The highest BCUT2D eigenvalue weighted by molar-refractivity contribution is 7.90. The van der Waals surface area contributed by atoms with Crippen LogP contribution >= 0.6 is 0 Å². The molecule has 0 saturated heterocycles. The van der Waals surface area contributed by atoms with Crippen molar-refractivity contribution in [1.29, 1.82) is 0 Å². The van der Waals surface area contributed by atoms with Crippen LogP contribution in [0.25, 0.3) is 0 Å². The molecule has 0 atom stereocenters. The zero-order valence-electron chi connectivity index (χ0n) is 9.28. The van der Waals surface area contributed by atoms with Crippen molar-refractivity contribution in [3.63, 3.8) is 0 Å². The Labute approximate surface area is 98.5 Å². The van der Waals surface area contributed by atoms with Crippen LogP contribution in [0.15, 0.2) is 29.2 Å². The number of nitrogens with two attached hydrogens (primary N) is 1. The summed E-state index contributed by atoms with van der Waals surface area (Å²) in [6.07, 6.45) is 0.314. The van der Waals surface area contributed by atoms with E-state index < -0.39 is 34.1 Å². The summed E-state index contributed by atoms with van der Waals surface area (Å²) in [6.45, 7) is 0. The van der Waals surface area contributed by atoms with Crippen LogP contribution in [0.4, 0.5) is 8.78 Å². The van der Waals surface area contributed by atoms with Gasteiger partial charge in [-0.15, -0.1) is 0 Å². The summed E-state index contributed by atoms with van der Waals surface area (Å²) in [5.74, 6) is -2.70. The van der Waals surface area contributed by atoms with E-state index in [2.05, 4.69) is 0 Å². The molecule has 1 aromatic carbocycles. The molecule has 6 heteroatoms. The zero-order chi connectivity index (χ0) is 12.9. The second kappa shape index (κ2) is 3.49. The number of rotatable bonds is 2. The molecule has 2 rings (SSSR count). The van der Waals surface area contributed by atoms with Gasteiger partial charge in [0.1, 0.15) is 0 Å². The van der Waals surface area contributed by atoms with Crippen molar-refractivity contribution in [2.45, 2.75) is 29.2 Å². The van der Waals surface area contributed by atoms with Gasteiger partial charge in [0, 0.05) is 19.1 Å². The van der Waals surface area contributed by atoms with E-state index in [0.29, 0.717) is 5.56 Å². The Morgan fingerprint density at radius 2 is 1.65 bits per heavy atom. The summed E-state index contributed by atoms with van der Waals surface area (Å²) in [5, 5.41) is 0. The van der Waals surface area contributed by atoms with Crippen LogP contribution in [0.1, 0.15) is 18.4 Å². The standard InChI is InChI=1S/C11H13F2NO2S/c1-17(15,16)9-4-2-8(3-5-9)10(14)6-11(12,13)7-10/h2-5H,6-7,14H2,1H3. The lowest BCUT2D eigenvalue weighted by atomic mass is 9.70. The van der Waals surface area contributed by atoms with Gasteiger partial charge in [-0.05, 0) is 17.7 Å². The third-order valence-corrected chi connectivity index (χ3v) is 4.13. The van der Waals surface area contributed by atoms with Gasteiger partial charge in [0.05, 0.1) is 10.4 Å². The van der Waals surface area contributed by atoms with Crippen molar-refractivity contribution in [2.24, 2.45) is 5.73 Å². The number of hydrogen-bond acceptors (Lipinski definition) is 3. The molecule has 0 heterocycles. The predicted molar refractivity (Wildman–Crippen MR) is 59.6 cm³/mol. The molecule has 1 fully saturated rings. The fourth-order valence-electron chi connectivity index (χ4n) is 2.11. The maximum Gasteiger partial charge on any atom is 0.252 e. The maximum atomic E-state index is 12.8. The minimum atomic E-state index is -3.27. The lowest BCUT2D eigenvalue weighted by molar-refractivity contribution is -0.125. The molecule has 0 aliphatic heterocycles. The smallest absolute Gasteiger partial charge is 0.252 e. The van der Waals surface area contributed by atoms with Gasteiger partial charge in [-0.1, -0.05) is 12.1 Å². The molecular weight excluding hydrogens is 248 g/mol. The van der Waals surface area contributed by atoms with Crippen LogP contribution in [0.5, 0.6) is 0 Å². The second-order valence-electron chi connectivity index (χ2n) is 4.66. The Balaban J connectivity index is 2.26. The largest absolute Gasteiger partial charge is 0.321 e. The van der Waals surface area contributed by atoms with Crippen LogP contribution in [0.2, 0.25) is 0 Å². The van der Waals surface area contributed by atoms with E-state index in [1.807, 2.05) is 0 Å². The van der Waals surface area contributed by atoms with Gasteiger partial charge in [0.2, 0.25) is 0 Å². The molecule has 0 amide bonds. The van der Waals surface area contributed by atoms with Gasteiger partial charge in [0.15, 0.2) is 9.84 Å². The van der Waals surface area contributed by atoms with Crippen molar-refractivity contribution in [3.8, 4) is 0 Å². The summed E-state index contributed by atoms with van der Waals surface area (Å²) < 4.78 is 48.1. The summed E-state index contributed by atoms with van der Waals surface area (Å²) in [5.41, 5.74) is 5.35. The van der Waals surface area contributed by atoms with Crippen molar-refractivity contribution in [3.05, 3.63) is 29.8 Å². The van der Waals surface area contributed by atoms with Gasteiger partial charge >= 0.3 is 0 Å². The Bertz CT molecular complexity index is 529. The molecule has 1 aliphatic rings. The number of alkyl halides is 2. The Morgan fingerprint density at radius 1 is 1.18 bits per heavy atom. The maximum absolute atomic E-state index is 12.8. The first-order valence-corrected chi connectivity index (χ1v) is 6.99. The first-order valence-electron chi connectivity index (χ1n) is 5.10. The van der Waals surface area contributed by atoms with Gasteiger partial charge in [0.25, 0.3) is 5.92 Å². The van der Waals surface area contributed by atoms with E-state index >= 15 is 0 Å². The molecule has 3 nitrogen and oxygen atoms in total. The van der Waals surface area contributed by atoms with Crippen molar-refractivity contribution in [2.75, 3.05) is 6.26 Å². The molecule has 0 unspecified atom stereocenters. The molecular formula is C11H13F2NO2S. The summed E-state index contributed by atoms with van der Waals surface area (Å²) in [4.78, 5) is 0.163. The quantitative estimate of drug-likeness (QED) is 0.881. The first kappa shape index (κ1) is 12.4. The van der Waals surface area contributed by atoms with E-state index in [0.717, 1.165) is 6.26 Å². The first-order chi connectivity index (χ1) is 7.62. The third kappa shape index (κ3) is 2.32. The van der Waals surface area contributed by atoms with E-state index in [1.54, 1.807) is 0 Å². The fraction of sp³-hybridized carbons (Fsp3) is 0.455.